The van der Waals surface area contributed by atoms with E-state index in [0.29, 0.717) is 12.3 Å². The van der Waals surface area contributed by atoms with Crippen LogP contribution in [0.4, 0.5) is 10.1 Å². The molecule has 0 bridgehead atoms. The second-order valence-electron chi connectivity index (χ2n) is 5.08. The Kier molecular flexibility index (Phi) is 6.65. The number of hydrazone groups is 1. The molecule has 0 radical (unpaired) electrons. The van der Waals surface area contributed by atoms with Gasteiger partial charge < -0.3 is 10.1 Å². The molecule has 2 rings (SSSR count). The maximum Gasteiger partial charge on any atom is 0.329 e. The largest absolute Gasteiger partial charge is 0.494 e. The lowest BCUT2D eigenvalue weighted by Crippen LogP contribution is -2.32. The van der Waals surface area contributed by atoms with Gasteiger partial charge in [0.2, 0.25) is 0 Å². The van der Waals surface area contributed by atoms with Crippen LogP contribution in [-0.4, -0.2) is 24.6 Å². The molecule has 0 aliphatic rings. The summed E-state index contributed by atoms with van der Waals surface area (Å²) in [7, 11) is 0. The zero-order valence-electron chi connectivity index (χ0n) is 13.7. The first-order chi connectivity index (χ1) is 12.1. The third-order valence-corrected chi connectivity index (χ3v) is 3.04. The molecule has 7 heteroatoms. The number of benzene rings is 2. The number of carbonyl (C=O) groups excluding carboxylic acids is 2. The SMILES string of the molecule is CCCOc1ccc(/C=N\NC(=O)C(=O)Nc2ccc(F)cc2)cc1. The van der Waals surface area contributed by atoms with Gasteiger partial charge in [0.15, 0.2) is 0 Å². The van der Waals surface area contributed by atoms with Crippen molar-refractivity contribution in [3.05, 3.63) is 59.9 Å². The molecule has 2 N–H and O–H groups in total. The number of hydrogen-bond acceptors (Lipinski definition) is 4. The summed E-state index contributed by atoms with van der Waals surface area (Å²) in [5.41, 5.74) is 3.18. The lowest BCUT2D eigenvalue weighted by Gasteiger charge is -2.04. The van der Waals surface area contributed by atoms with Crippen LogP contribution in [0.1, 0.15) is 18.9 Å². The van der Waals surface area contributed by atoms with E-state index in [4.69, 9.17) is 4.74 Å². The molecular formula is C18H18FN3O3. The van der Waals surface area contributed by atoms with Gasteiger partial charge in [0, 0.05) is 5.69 Å². The van der Waals surface area contributed by atoms with Gasteiger partial charge in [0.1, 0.15) is 11.6 Å². The monoisotopic (exact) mass is 343 g/mol. The number of nitrogens with one attached hydrogen (secondary N) is 2. The van der Waals surface area contributed by atoms with E-state index < -0.39 is 17.6 Å². The van der Waals surface area contributed by atoms with Gasteiger partial charge in [-0.05, 0) is 60.5 Å². The highest BCUT2D eigenvalue weighted by atomic mass is 19.1. The lowest BCUT2D eigenvalue weighted by molar-refractivity contribution is -0.136. The number of ether oxygens (including phenoxy) is 1. The van der Waals surface area contributed by atoms with Crippen molar-refractivity contribution in [2.45, 2.75) is 13.3 Å². The van der Waals surface area contributed by atoms with Crippen LogP contribution in [0.25, 0.3) is 0 Å². The summed E-state index contributed by atoms with van der Waals surface area (Å²) in [6.45, 7) is 2.67. The average Bonchev–Trinajstić information content (AvgIpc) is 2.62. The number of hydrogen-bond donors (Lipinski definition) is 2. The third kappa shape index (κ3) is 6.06. The summed E-state index contributed by atoms with van der Waals surface area (Å²) < 4.78 is 18.2. The van der Waals surface area contributed by atoms with Crippen molar-refractivity contribution in [2.24, 2.45) is 5.10 Å². The van der Waals surface area contributed by atoms with Gasteiger partial charge in [0.25, 0.3) is 0 Å². The first-order valence-electron chi connectivity index (χ1n) is 7.71. The van der Waals surface area contributed by atoms with Gasteiger partial charge in [-0.1, -0.05) is 6.92 Å². The summed E-state index contributed by atoms with van der Waals surface area (Å²) in [4.78, 5) is 23.3. The van der Waals surface area contributed by atoms with Crippen LogP contribution in [0.5, 0.6) is 5.75 Å². The van der Waals surface area contributed by atoms with E-state index in [-0.39, 0.29) is 0 Å². The molecule has 0 aromatic heterocycles. The van der Waals surface area contributed by atoms with Crippen LogP contribution >= 0.6 is 0 Å². The van der Waals surface area contributed by atoms with Crippen LogP contribution in [0.3, 0.4) is 0 Å². The first-order valence-corrected chi connectivity index (χ1v) is 7.71. The van der Waals surface area contributed by atoms with Crippen molar-refractivity contribution in [3.8, 4) is 5.75 Å². The molecular weight excluding hydrogens is 325 g/mol. The summed E-state index contributed by atoms with van der Waals surface area (Å²) in [6, 6.07) is 12.2. The van der Waals surface area contributed by atoms with Crippen LogP contribution in [-0.2, 0) is 9.59 Å². The molecule has 2 aromatic rings. The van der Waals surface area contributed by atoms with Crippen molar-refractivity contribution in [1.82, 2.24) is 5.43 Å². The van der Waals surface area contributed by atoms with Crippen LogP contribution in [0.15, 0.2) is 53.6 Å². The molecule has 6 nitrogen and oxygen atoms in total. The van der Waals surface area contributed by atoms with Crippen LogP contribution in [0, 0.1) is 5.82 Å². The lowest BCUT2D eigenvalue weighted by atomic mass is 10.2. The summed E-state index contributed by atoms with van der Waals surface area (Å²) in [5, 5.41) is 6.06. The molecule has 2 amide bonds. The van der Waals surface area contributed by atoms with Crippen molar-refractivity contribution in [2.75, 3.05) is 11.9 Å². The molecule has 0 saturated heterocycles. The average molecular weight is 343 g/mol. The Hall–Kier alpha value is -3.22. The first kappa shape index (κ1) is 18.1. The van der Waals surface area contributed by atoms with Crippen molar-refractivity contribution in [3.63, 3.8) is 0 Å². The third-order valence-electron chi connectivity index (χ3n) is 3.04. The van der Waals surface area contributed by atoms with Crippen LogP contribution < -0.4 is 15.5 Å². The number of carbonyl (C=O) groups is 2. The second-order valence-corrected chi connectivity index (χ2v) is 5.08. The van der Waals surface area contributed by atoms with E-state index in [0.717, 1.165) is 17.7 Å². The Balaban J connectivity index is 1.82. The molecule has 25 heavy (non-hydrogen) atoms. The molecule has 0 aliphatic heterocycles. The molecule has 0 heterocycles. The van der Waals surface area contributed by atoms with E-state index in [1.807, 2.05) is 6.92 Å². The molecule has 130 valence electrons. The Morgan fingerprint density at radius 2 is 1.76 bits per heavy atom. The summed E-state index contributed by atoms with van der Waals surface area (Å²) >= 11 is 0. The predicted molar refractivity (Wildman–Crippen MR) is 93.0 cm³/mol. The van der Waals surface area contributed by atoms with Gasteiger partial charge in [-0.25, -0.2) is 9.82 Å². The Morgan fingerprint density at radius 1 is 1.08 bits per heavy atom. The normalized spacial score (nSPS) is 10.5. The van der Waals surface area contributed by atoms with Gasteiger partial charge in [-0.3, -0.25) is 9.59 Å². The van der Waals surface area contributed by atoms with E-state index >= 15 is 0 Å². The topological polar surface area (TPSA) is 79.8 Å². The predicted octanol–water partition coefficient (Wildman–Crippen LogP) is 2.70. The zero-order chi connectivity index (χ0) is 18.1. The maximum atomic E-state index is 12.8. The van der Waals surface area contributed by atoms with Gasteiger partial charge in [-0.15, -0.1) is 0 Å². The van der Waals surface area contributed by atoms with Crippen molar-refractivity contribution >= 4 is 23.7 Å². The number of anilines is 1. The molecule has 0 spiro atoms. The minimum atomic E-state index is -0.927. The summed E-state index contributed by atoms with van der Waals surface area (Å²) in [6.07, 6.45) is 2.34. The quantitative estimate of drug-likeness (QED) is 0.481. The van der Waals surface area contributed by atoms with E-state index in [1.54, 1.807) is 24.3 Å². The molecule has 2 aromatic carbocycles. The van der Waals surface area contributed by atoms with Gasteiger partial charge in [-0.2, -0.15) is 5.10 Å². The van der Waals surface area contributed by atoms with Crippen molar-refractivity contribution < 1.29 is 18.7 Å². The van der Waals surface area contributed by atoms with E-state index in [2.05, 4.69) is 15.8 Å². The fraction of sp³-hybridized carbons (Fsp3) is 0.167. The minimum absolute atomic E-state index is 0.313. The highest BCUT2D eigenvalue weighted by Gasteiger charge is 2.12. The van der Waals surface area contributed by atoms with Gasteiger partial charge in [0.05, 0.1) is 12.8 Å². The Labute approximate surface area is 144 Å². The summed E-state index contributed by atoms with van der Waals surface area (Å²) in [5.74, 6) is -1.50. The number of halogens is 1. The van der Waals surface area contributed by atoms with Gasteiger partial charge >= 0.3 is 11.8 Å². The van der Waals surface area contributed by atoms with Crippen molar-refractivity contribution in [1.29, 1.82) is 0 Å². The molecule has 0 unspecified atom stereocenters. The Morgan fingerprint density at radius 3 is 2.40 bits per heavy atom. The second kappa shape index (κ2) is 9.17. The molecule has 0 fully saturated rings. The highest BCUT2D eigenvalue weighted by molar-refractivity contribution is 6.39. The minimum Gasteiger partial charge on any atom is -0.494 e. The molecule has 0 atom stereocenters. The van der Waals surface area contributed by atoms with E-state index in [9.17, 15) is 14.0 Å². The maximum absolute atomic E-state index is 12.8. The standard InChI is InChI=1S/C18H18FN3O3/c1-2-11-25-16-9-3-13(4-10-16)12-20-22-18(24)17(23)21-15-7-5-14(19)6-8-15/h3-10,12H,2,11H2,1H3,(H,21,23)(H,22,24)/b20-12-. The Bertz CT molecular complexity index is 743. The smallest absolute Gasteiger partial charge is 0.329 e. The number of amides is 2. The molecule has 0 saturated carbocycles. The van der Waals surface area contributed by atoms with E-state index in [1.165, 1.54) is 30.5 Å². The number of nitrogens with zero attached hydrogens (tertiary/aromatic N) is 1. The fourth-order valence-electron chi connectivity index (χ4n) is 1.81. The highest BCUT2D eigenvalue weighted by Crippen LogP contribution is 2.11. The fourth-order valence-corrected chi connectivity index (χ4v) is 1.81. The zero-order valence-corrected chi connectivity index (χ0v) is 13.7. The number of rotatable bonds is 6. The van der Waals surface area contributed by atoms with Crippen LogP contribution in [0.2, 0.25) is 0 Å². The molecule has 0 aliphatic carbocycles.